The summed E-state index contributed by atoms with van der Waals surface area (Å²) < 4.78 is 7.53. The molecule has 0 radical (unpaired) electrons. The van der Waals surface area contributed by atoms with Gasteiger partial charge in [0.05, 0.1) is 11.9 Å². The highest BCUT2D eigenvalue weighted by molar-refractivity contribution is 5.60. The minimum absolute atomic E-state index is 0.422. The smallest absolute Gasteiger partial charge is 0.279 e. The van der Waals surface area contributed by atoms with Gasteiger partial charge in [0.25, 0.3) is 5.89 Å². The topological polar surface area (TPSA) is 82.5 Å². The van der Waals surface area contributed by atoms with Gasteiger partial charge in [0.15, 0.2) is 5.69 Å². The Morgan fingerprint density at radius 2 is 2.04 bits per heavy atom. The molecule has 7 nitrogen and oxygen atoms in total. The Kier molecular flexibility index (Phi) is 3.38. The van der Waals surface area contributed by atoms with Crippen molar-refractivity contribution in [1.29, 1.82) is 0 Å². The highest BCUT2D eigenvalue weighted by Gasteiger charge is 2.27. The summed E-state index contributed by atoms with van der Waals surface area (Å²) in [6.45, 7) is 2.09. The van der Waals surface area contributed by atoms with Crippen LogP contribution in [0.25, 0.3) is 28.8 Å². The first-order valence-electron chi connectivity index (χ1n) is 8.58. The van der Waals surface area contributed by atoms with Crippen LogP contribution >= 0.6 is 0 Å². The molecule has 1 aliphatic carbocycles. The van der Waals surface area contributed by atoms with Crippen LogP contribution in [0.5, 0.6) is 0 Å². The number of para-hydroxylation sites is 1. The highest BCUT2D eigenvalue weighted by Crippen LogP contribution is 2.34. The zero-order valence-electron chi connectivity index (χ0n) is 14.3. The lowest BCUT2D eigenvalue weighted by atomic mass is 10.2. The first kappa shape index (κ1) is 14.9. The van der Waals surface area contributed by atoms with E-state index < -0.39 is 0 Å². The van der Waals surface area contributed by atoms with Crippen molar-refractivity contribution < 1.29 is 4.52 Å². The van der Waals surface area contributed by atoms with E-state index in [0.717, 1.165) is 30.6 Å². The minimum atomic E-state index is 0.422. The molecule has 0 unspecified atom stereocenters. The van der Waals surface area contributed by atoms with Crippen molar-refractivity contribution in [2.45, 2.75) is 26.2 Å². The van der Waals surface area contributed by atoms with Crippen LogP contribution in [-0.4, -0.2) is 29.9 Å². The van der Waals surface area contributed by atoms with Crippen molar-refractivity contribution in [1.82, 2.24) is 29.9 Å². The zero-order chi connectivity index (χ0) is 17.5. The van der Waals surface area contributed by atoms with Gasteiger partial charge in [-0.3, -0.25) is 4.98 Å². The average molecular weight is 344 g/mol. The van der Waals surface area contributed by atoms with Crippen molar-refractivity contribution in [3.63, 3.8) is 0 Å². The van der Waals surface area contributed by atoms with Gasteiger partial charge >= 0.3 is 0 Å². The molecule has 0 amide bonds. The lowest BCUT2D eigenvalue weighted by molar-refractivity contribution is 0.430. The quantitative estimate of drug-likeness (QED) is 0.568. The molecule has 3 heterocycles. The normalized spacial score (nSPS) is 13.1. The Labute approximate surface area is 149 Å². The summed E-state index contributed by atoms with van der Waals surface area (Å²) in [6.07, 6.45) is 7.92. The van der Waals surface area contributed by atoms with E-state index in [4.69, 9.17) is 9.62 Å². The van der Waals surface area contributed by atoms with Crippen LogP contribution in [0.2, 0.25) is 0 Å². The molecule has 128 valence electrons. The molecule has 0 fully saturated rings. The number of hydrogen-bond acceptors (Lipinski definition) is 6. The lowest BCUT2D eigenvalue weighted by Gasteiger charge is -2.08. The van der Waals surface area contributed by atoms with Gasteiger partial charge in [-0.05, 0) is 37.8 Å². The third-order valence-electron chi connectivity index (χ3n) is 4.69. The molecule has 4 aromatic rings. The van der Waals surface area contributed by atoms with Crippen LogP contribution in [-0.2, 0) is 12.8 Å². The van der Waals surface area contributed by atoms with Crippen molar-refractivity contribution in [3.8, 4) is 28.8 Å². The van der Waals surface area contributed by atoms with E-state index in [0.29, 0.717) is 17.4 Å². The highest BCUT2D eigenvalue weighted by atomic mass is 16.5. The average Bonchev–Trinajstić information content (AvgIpc) is 3.39. The number of aromatic nitrogens is 6. The first-order chi connectivity index (χ1) is 12.8. The molecule has 26 heavy (non-hydrogen) atoms. The summed E-state index contributed by atoms with van der Waals surface area (Å²) in [6, 6.07) is 8.25. The number of fused-ring (bicyclic) bond motifs is 1. The van der Waals surface area contributed by atoms with E-state index in [1.165, 1.54) is 16.8 Å². The van der Waals surface area contributed by atoms with Crippen LogP contribution in [0.15, 0.2) is 47.4 Å². The molecule has 1 aliphatic rings. The Morgan fingerprint density at radius 1 is 1.12 bits per heavy atom. The second-order valence-electron chi connectivity index (χ2n) is 6.34. The fourth-order valence-corrected chi connectivity index (χ4v) is 3.45. The SMILES string of the molecule is Cc1ccccc1-n1nc(-c2nc(-c3cnccn3)no2)c2c1CCC2. The number of benzene rings is 1. The van der Waals surface area contributed by atoms with Crippen LogP contribution in [0.4, 0.5) is 0 Å². The summed E-state index contributed by atoms with van der Waals surface area (Å²) in [4.78, 5) is 12.8. The van der Waals surface area contributed by atoms with Crippen LogP contribution in [0.3, 0.4) is 0 Å². The summed E-state index contributed by atoms with van der Waals surface area (Å²) in [5.74, 6) is 0.849. The molecule has 3 aromatic heterocycles. The van der Waals surface area contributed by atoms with Crippen molar-refractivity contribution in [2.75, 3.05) is 0 Å². The van der Waals surface area contributed by atoms with E-state index in [1.807, 2.05) is 16.8 Å². The molecule has 5 rings (SSSR count). The predicted molar refractivity (Wildman–Crippen MR) is 94.6 cm³/mol. The molecule has 0 aliphatic heterocycles. The second-order valence-corrected chi connectivity index (χ2v) is 6.34. The summed E-state index contributed by atoms with van der Waals surface area (Å²) in [7, 11) is 0. The predicted octanol–water partition coefficient (Wildman–Crippen LogP) is 3.18. The number of aryl methyl sites for hydroxylation is 1. The molecular formula is C19H16N6O. The maximum atomic E-state index is 5.51. The first-order valence-corrected chi connectivity index (χ1v) is 8.58. The van der Waals surface area contributed by atoms with Crippen molar-refractivity contribution in [3.05, 3.63) is 59.7 Å². The van der Waals surface area contributed by atoms with Crippen LogP contribution in [0.1, 0.15) is 23.2 Å². The van der Waals surface area contributed by atoms with Gasteiger partial charge in [-0.2, -0.15) is 10.1 Å². The van der Waals surface area contributed by atoms with E-state index in [-0.39, 0.29) is 0 Å². The Balaban J connectivity index is 1.62. The zero-order valence-corrected chi connectivity index (χ0v) is 14.3. The van der Waals surface area contributed by atoms with Crippen molar-refractivity contribution in [2.24, 2.45) is 0 Å². The standard InChI is InChI=1S/C19H16N6O/c1-12-5-2-3-7-15(12)25-16-8-4-6-13(16)17(23-25)19-22-18(24-26-19)14-11-20-9-10-21-14/h2-3,5,7,9-11H,4,6,8H2,1H3. The van der Waals surface area contributed by atoms with E-state index in [9.17, 15) is 0 Å². The number of nitrogens with zero attached hydrogens (tertiary/aromatic N) is 6. The van der Waals surface area contributed by atoms with Gasteiger partial charge in [-0.15, -0.1) is 0 Å². The molecular weight excluding hydrogens is 328 g/mol. The van der Waals surface area contributed by atoms with Gasteiger partial charge in [-0.25, -0.2) is 9.67 Å². The second kappa shape index (κ2) is 5.87. The largest absolute Gasteiger partial charge is 0.332 e. The molecule has 7 heteroatoms. The monoisotopic (exact) mass is 344 g/mol. The number of hydrogen-bond donors (Lipinski definition) is 0. The number of rotatable bonds is 3. The third-order valence-corrected chi connectivity index (χ3v) is 4.69. The molecule has 1 aromatic carbocycles. The molecule has 0 N–H and O–H groups in total. The molecule has 0 spiro atoms. The minimum Gasteiger partial charge on any atom is -0.332 e. The van der Waals surface area contributed by atoms with Crippen molar-refractivity contribution >= 4 is 0 Å². The molecule has 0 saturated heterocycles. The summed E-state index contributed by atoms with van der Waals surface area (Å²) in [5.41, 5.74) is 6.05. The van der Waals surface area contributed by atoms with Crippen LogP contribution < -0.4 is 0 Å². The maximum absolute atomic E-state index is 5.51. The lowest BCUT2D eigenvalue weighted by Crippen LogP contribution is -2.03. The fourth-order valence-electron chi connectivity index (χ4n) is 3.45. The van der Waals surface area contributed by atoms with E-state index in [2.05, 4.69) is 39.2 Å². The summed E-state index contributed by atoms with van der Waals surface area (Å²) in [5, 5.41) is 8.87. The van der Waals surface area contributed by atoms with Gasteiger partial charge in [0.1, 0.15) is 5.69 Å². The van der Waals surface area contributed by atoms with Gasteiger partial charge in [0, 0.05) is 23.7 Å². The maximum Gasteiger partial charge on any atom is 0.279 e. The Morgan fingerprint density at radius 3 is 2.88 bits per heavy atom. The summed E-state index contributed by atoms with van der Waals surface area (Å²) >= 11 is 0. The Hall–Kier alpha value is -3.35. The van der Waals surface area contributed by atoms with Gasteiger partial charge < -0.3 is 4.52 Å². The fraction of sp³-hybridized carbons (Fsp3) is 0.211. The van der Waals surface area contributed by atoms with E-state index >= 15 is 0 Å². The van der Waals surface area contributed by atoms with E-state index in [1.54, 1.807) is 18.6 Å². The van der Waals surface area contributed by atoms with Crippen LogP contribution in [0, 0.1) is 6.92 Å². The van der Waals surface area contributed by atoms with Gasteiger partial charge in [-0.1, -0.05) is 23.4 Å². The molecule has 0 atom stereocenters. The Bertz CT molecular complexity index is 1080. The molecule has 0 bridgehead atoms. The molecule has 0 saturated carbocycles. The van der Waals surface area contributed by atoms with Gasteiger partial charge in [0.2, 0.25) is 5.82 Å². The third kappa shape index (κ3) is 2.32.